The third kappa shape index (κ3) is 4.62. The molecule has 0 fully saturated rings. The second-order valence-electron chi connectivity index (χ2n) is 7.02. The zero-order chi connectivity index (χ0) is 22.0. The number of benzene rings is 1. The van der Waals surface area contributed by atoms with Gasteiger partial charge in [-0.05, 0) is 42.0 Å². The molecule has 0 unspecified atom stereocenters. The number of pyridine rings is 2. The maximum Gasteiger partial charge on any atom is 0.213 e. The topological polar surface area (TPSA) is 69.0 Å². The fourth-order valence-corrected chi connectivity index (χ4v) is 3.40. The lowest BCUT2D eigenvalue weighted by atomic mass is 10.2. The van der Waals surface area contributed by atoms with Crippen LogP contribution in [0.3, 0.4) is 0 Å². The van der Waals surface area contributed by atoms with Gasteiger partial charge in [0.15, 0.2) is 11.6 Å². The standard InChI is InChI=1S/C22H20Cl2N6O/c1-29(2)19-10-7-14(12-25-19)21-27-22(18-5-4-6-20(26-18)31-3)30(28-21)13-15-11-16(23)8-9-17(15)24/h4-12H,13H2,1-3H3. The number of methoxy groups -OCH3 is 1. The lowest BCUT2D eigenvalue weighted by Crippen LogP contribution is -2.10. The summed E-state index contributed by atoms with van der Waals surface area (Å²) in [7, 11) is 5.46. The number of anilines is 1. The summed E-state index contributed by atoms with van der Waals surface area (Å²) in [6, 6.07) is 14.7. The van der Waals surface area contributed by atoms with Crippen molar-refractivity contribution in [1.82, 2.24) is 24.7 Å². The highest BCUT2D eigenvalue weighted by Gasteiger charge is 2.17. The first-order chi connectivity index (χ1) is 14.9. The summed E-state index contributed by atoms with van der Waals surface area (Å²) in [6.07, 6.45) is 1.75. The first-order valence-corrected chi connectivity index (χ1v) is 10.2. The van der Waals surface area contributed by atoms with E-state index in [9.17, 15) is 0 Å². The molecule has 0 amide bonds. The van der Waals surface area contributed by atoms with Gasteiger partial charge in [0.2, 0.25) is 5.88 Å². The van der Waals surface area contributed by atoms with E-state index < -0.39 is 0 Å². The molecule has 31 heavy (non-hydrogen) atoms. The highest BCUT2D eigenvalue weighted by molar-refractivity contribution is 6.33. The zero-order valence-electron chi connectivity index (χ0n) is 17.3. The average Bonchev–Trinajstić information content (AvgIpc) is 3.20. The Bertz CT molecular complexity index is 1210. The molecule has 0 spiro atoms. The number of ether oxygens (including phenoxy) is 1. The molecule has 3 aromatic heterocycles. The van der Waals surface area contributed by atoms with Crippen LogP contribution in [0.1, 0.15) is 5.56 Å². The van der Waals surface area contributed by atoms with Crippen molar-refractivity contribution in [1.29, 1.82) is 0 Å². The van der Waals surface area contributed by atoms with Crippen molar-refractivity contribution >= 4 is 29.0 Å². The summed E-state index contributed by atoms with van der Waals surface area (Å²) < 4.78 is 7.03. The van der Waals surface area contributed by atoms with Gasteiger partial charge in [0.25, 0.3) is 0 Å². The molecule has 0 N–H and O–H groups in total. The summed E-state index contributed by atoms with van der Waals surface area (Å²) in [5.41, 5.74) is 2.26. The van der Waals surface area contributed by atoms with Crippen LogP contribution >= 0.6 is 23.2 Å². The Balaban J connectivity index is 1.80. The van der Waals surface area contributed by atoms with Crippen LogP contribution in [0.15, 0.2) is 54.7 Å². The van der Waals surface area contributed by atoms with Gasteiger partial charge < -0.3 is 9.64 Å². The summed E-state index contributed by atoms with van der Waals surface area (Å²) in [4.78, 5) is 15.7. The van der Waals surface area contributed by atoms with Crippen LogP contribution in [-0.4, -0.2) is 45.9 Å². The average molecular weight is 455 g/mol. The predicted octanol–water partition coefficient (Wildman–Crippen LogP) is 4.83. The van der Waals surface area contributed by atoms with Crippen molar-refractivity contribution in [3.05, 3.63) is 70.3 Å². The molecule has 3 heterocycles. The zero-order valence-corrected chi connectivity index (χ0v) is 18.8. The lowest BCUT2D eigenvalue weighted by molar-refractivity contribution is 0.398. The molecule has 0 saturated heterocycles. The number of rotatable bonds is 6. The van der Waals surface area contributed by atoms with Gasteiger partial charge >= 0.3 is 0 Å². The fourth-order valence-electron chi connectivity index (χ4n) is 3.03. The molecule has 1 aromatic carbocycles. The fraction of sp³-hybridized carbons (Fsp3) is 0.182. The molecule has 0 saturated carbocycles. The molecule has 4 rings (SSSR count). The van der Waals surface area contributed by atoms with Crippen molar-refractivity contribution in [3.63, 3.8) is 0 Å². The van der Waals surface area contributed by atoms with Gasteiger partial charge in [0.1, 0.15) is 11.5 Å². The van der Waals surface area contributed by atoms with Crippen LogP contribution in [-0.2, 0) is 6.54 Å². The van der Waals surface area contributed by atoms with E-state index in [4.69, 9.17) is 38.0 Å². The Hall–Kier alpha value is -3.16. The van der Waals surface area contributed by atoms with Crippen LogP contribution in [0.4, 0.5) is 5.82 Å². The van der Waals surface area contributed by atoms with Crippen molar-refractivity contribution in [2.75, 3.05) is 26.1 Å². The van der Waals surface area contributed by atoms with Gasteiger partial charge in [-0.15, -0.1) is 5.10 Å². The smallest absolute Gasteiger partial charge is 0.213 e. The summed E-state index contributed by atoms with van der Waals surface area (Å²) in [5, 5.41) is 5.92. The minimum Gasteiger partial charge on any atom is -0.481 e. The van der Waals surface area contributed by atoms with Gasteiger partial charge in [-0.2, -0.15) is 0 Å². The molecule has 9 heteroatoms. The maximum atomic E-state index is 6.39. The molecule has 0 aliphatic heterocycles. The van der Waals surface area contributed by atoms with E-state index in [0.29, 0.717) is 39.8 Å². The van der Waals surface area contributed by atoms with Crippen LogP contribution in [0.25, 0.3) is 22.9 Å². The molecule has 0 bridgehead atoms. The summed E-state index contributed by atoms with van der Waals surface area (Å²) in [5.74, 6) is 2.46. The normalized spacial score (nSPS) is 10.9. The van der Waals surface area contributed by atoms with Crippen molar-refractivity contribution in [3.8, 4) is 28.8 Å². The molecular weight excluding hydrogens is 435 g/mol. The summed E-state index contributed by atoms with van der Waals surface area (Å²) in [6.45, 7) is 0.379. The quantitative estimate of drug-likeness (QED) is 0.415. The second-order valence-corrected chi connectivity index (χ2v) is 7.86. The van der Waals surface area contributed by atoms with Crippen molar-refractivity contribution in [2.24, 2.45) is 0 Å². The number of halogens is 2. The van der Waals surface area contributed by atoms with E-state index in [1.807, 2.05) is 49.3 Å². The van der Waals surface area contributed by atoms with Crippen molar-refractivity contribution in [2.45, 2.75) is 6.54 Å². The van der Waals surface area contributed by atoms with Gasteiger partial charge in [-0.1, -0.05) is 29.3 Å². The van der Waals surface area contributed by atoms with E-state index >= 15 is 0 Å². The Morgan fingerprint density at radius 2 is 1.87 bits per heavy atom. The largest absolute Gasteiger partial charge is 0.481 e. The Kier molecular flexibility index (Phi) is 6.06. The number of hydrogen-bond acceptors (Lipinski definition) is 6. The van der Waals surface area contributed by atoms with Gasteiger partial charge in [-0.25, -0.2) is 19.6 Å². The van der Waals surface area contributed by atoms with Gasteiger partial charge in [0.05, 0.1) is 13.7 Å². The van der Waals surface area contributed by atoms with Gasteiger partial charge in [0, 0.05) is 42.0 Å². The molecule has 7 nitrogen and oxygen atoms in total. The predicted molar refractivity (Wildman–Crippen MR) is 123 cm³/mol. The highest BCUT2D eigenvalue weighted by atomic mass is 35.5. The van der Waals surface area contributed by atoms with E-state index in [-0.39, 0.29) is 0 Å². The first-order valence-electron chi connectivity index (χ1n) is 9.48. The SMILES string of the molecule is COc1cccc(-c2nc(-c3ccc(N(C)C)nc3)nn2Cc2cc(Cl)ccc2Cl)n1. The number of nitrogens with zero attached hydrogens (tertiary/aromatic N) is 6. The molecule has 0 radical (unpaired) electrons. The monoisotopic (exact) mass is 454 g/mol. The van der Waals surface area contributed by atoms with Crippen LogP contribution in [0, 0.1) is 0 Å². The molecule has 0 aliphatic carbocycles. The van der Waals surface area contributed by atoms with Crippen LogP contribution in [0.2, 0.25) is 10.0 Å². The Labute approximate surface area is 190 Å². The summed E-state index contributed by atoms with van der Waals surface area (Å²) >= 11 is 12.6. The third-order valence-electron chi connectivity index (χ3n) is 4.63. The number of hydrogen-bond donors (Lipinski definition) is 0. The van der Waals surface area contributed by atoms with E-state index in [1.165, 1.54) is 0 Å². The number of aromatic nitrogens is 5. The van der Waals surface area contributed by atoms with E-state index in [1.54, 1.807) is 36.2 Å². The van der Waals surface area contributed by atoms with Crippen LogP contribution < -0.4 is 9.64 Å². The molecular formula is C22H20Cl2N6O. The Morgan fingerprint density at radius 3 is 2.58 bits per heavy atom. The van der Waals surface area contributed by atoms with Crippen LogP contribution in [0.5, 0.6) is 5.88 Å². The van der Waals surface area contributed by atoms with Crippen molar-refractivity contribution < 1.29 is 4.74 Å². The minimum absolute atomic E-state index is 0.379. The molecule has 158 valence electrons. The molecule has 4 aromatic rings. The Morgan fingerprint density at radius 1 is 1.03 bits per heavy atom. The van der Waals surface area contributed by atoms with Gasteiger partial charge in [-0.3, -0.25) is 0 Å². The second kappa shape index (κ2) is 8.91. The maximum absolute atomic E-state index is 6.39. The van der Waals surface area contributed by atoms with E-state index in [0.717, 1.165) is 16.9 Å². The van der Waals surface area contributed by atoms with E-state index in [2.05, 4.69) is 9.97 Å². The molecule has 0 aliphatic rings. The lowest BCUT2D eigenvalue weighted by Gasteiger charge is -2.10. The first kappa shape index (κ1) is 21.1. The third-order valence-corrected chi connectivity index (χ3v) is 5.23. The minimum atomic E-state index is 0.379. The highest BCUT2D eigenvalue weighted by Crippen LogP contribution is 2.27. The molecule has 0 atom stereocenters.